The minimum atomic E-state index is 1.02. The summed E-state index contributed by atoms with van der Waals surface area (Å²) in [6, 6.07) is 2.26. The minimum Gasteiger partial charge on any atom is -0.352 e. The van der Waals surface area contributed by atoms with E-state index in [4.69, 9.17) is 0 Å². The summed E-state index contributed by atoms with van der Waals surface area (Å²) in [5.41, 5.74) is 4.18. The summed E-state index contributed by atoms with van der Waals surface area (Å²) in [7, 11) is 0. The number of aromatic nitrogens is 2. The molecule has 0 N–H and O–H groups in total. The van der Waals surface area contributed by atoms with Gasteiger partial charge in [-0.05, 0) is 49.1 Å². The Morgan fingerprint density at radius 2 is 2.05 bits per heavy atom. The first kappa shape index (κ1) is 11.4. The van der Waals surface area contributed by atoms with Crippen molar-refractivity contribution in [2.24, 2.45) is 0 Å². The van der Waals surface area contributed by atoms with Crippen molar-refractivity contribution in [3.63, 3.8) is 0 Å². The Labute approximate surface area is 117 Å². The van der Waals surface area contributed by atoms with Crippen molar-refractivity contribution >= 4 is 17.2 Å². The monoisotopic (exact) mass is 271 g/mol. The topological polar surface area (TPSA) is 29.0 Å². The van der Waals surface area contributed by atoms with Crippen LogP contribution in [0.1, 0.15) is 34.5 Å². The van der Waals surface area contributed by atoms with Gasteiger partial charge in [-0.3, -0.25) is 0 Å². The van der Waals surface area contributed by atoms with E-state index in [0.717, 1.165) is 32.4 Å². The van der Waals surface area contributed by atoms with Gasteiger partial charge in [0.1, 0.15) is 12.1 Å². The van der Waals surface area contributed by atoms with Gasteiger partial charge in [0.15, 0.2) is 0 Å². The predicted molar refractivity (Wildman–Crippen MR) is 77.7 cm³/mol. The zero-order chi connectivity index (χ0) is 12.7. The second kappa shape index (κ2) is 4.60. The number of fused-ring (bicyclic) bond motifs is 2. The van der Waals surface area contributed by atoms with Crippen molar-refractivity contribution in [1.29, 1.82) is 0 Å². The Hall–Kier alpha value is -1.42. The third kappa shape index (κ3) is 1.94. The van der Waals surface area contributed by atoms with Crippen LogP contribution >= 0.6 is 11.3 Å². The number of aryl methyl sites for hydroxylation is 1. The van der Waals surface area contributed by atoms with Crippen LogP contribution < -0.4 is 4.90 Å². The molecule has 0 fully saturated rings. The van der Waals surface area contributed by atoms with Crippen LogP contribution in [0.3, 0.4) is 0 Å². The van der Waals surface area contributed by atoms with Crippen molar-refractivity contribution in [3.8, 4) is 0 Å². The maximum Gasteiger partial charge on any atom is 0.135 e. The highest BCUT2D eigenvalue weighted by Crippen LogP contribution is 2.31. The number of rotatable bonds is 1. The lowest BCUT2D eigenvalue weighted by Gasteiger charge is -2.31. The smallest absolute Gasteiger partial charge is 0.135 e. The first-order valence-electron chi connectivity index (χ1n) is 7.05. The molecule has 0 bridgehead atoms. The molecular formula is C15H17N3S. The van der Waals surface area contributed by atoms with E-state index >= 15 is 0 Å². The molecule has 2 aromatic rings. The number of thiophene rings is 1. The lowest BCUT2D eigenvalue weighted by atomic mass is 9.95. The maximum absolute atomic E-state index is 4.59. The molecule has 0 saturated heterocycles. The van der Waals surface area contributed by atoms with Crippen molar-refractivity contribution in [1.82, 2.24) is 9.97 Å². The van der Waals surface area contributed by atoms with E-state index in [1.807, 2.05) is 11.3 Å². The molecule has 2 aliphatic rings. The Morgan fingerprint density at radius 3 is 3.05 bits per heavy atom. The molecule has 0 spiro atoms. The molecule has 3 nitrogen and oxygen atoms in total. The van der Waals surface area contributed by atoms with Gasteiger partial charge in [0.05, 0.1) is 0 Å². The fourth-order valence-electron chi connectivity index (χ4n) is 3.21. The van der Waals surface area contributed by atoms with E-state index in [9.17, 15) is 0 Å². The Balaban J connectivity index is 1.70. The molecule has 19 heavy (non-hydrogen) atoms. The largest absolute Gasteiger partial charge is 0.352 e. The van der Waals surface area contributed by atoms with Crippen molar-refractivity contribution in [2.75, 3.05) is 11.4 Å². The molecular weight excluding hydrogens is 254 g/mol. The molecule has 3 heterocycles. The summed E-state index contributed by atoms with van der Waals surface area (Å²) in [4.78, 5) is 13.1. The highest BCUT2D eigenvalue weighted by atomic mass is 32.1. The molecule has 2 aromatic heterocycles. The fourth-order valence-corrected chi connectivity index (χ4v) is 4.10. The van der Waals surface area contributed by atoms with Crippen LogP contribution in [0.5, 0.6) is 0 Å². The molecule has 4 heteroatoms. The quantitative estimate of drug-likeness (QED) is 0.798. The van der Waals surface area contributed by atoms with Crippen molar-refractivity contribution in [3.05, 3.63) is 39.5 Å². The van der Waals surface area contributed by atoms with Crippen molar-refractivity contribution in [2.45, 2.75) is 38.6 Å². The molecule has 0 radical (unpaired) electrons. The number of hydrogen-bond acceptors (Lipinski definition) is 4. The molecule has 0 unspecified atom stereocenters. The van der Waals surface area contributed by atoms with Crippen LogP contribution in [0.25, 0.3) is 0 Å². The first-order chi connectivity index (χ1) is 9.42. The third-order valence-corrected chi connectivity index (χ3v) is 5.23. The highest BCUT2D eigenvalue weighted by molar-refractivity contribution is 7.10. The zero-order valence-electron chi connectivity index (χ0n) is 10.9. The average molecular weight is 271 g/mol. The summed E-state index contributed by atoms with van der Waals surface area (Å²) in [5, 5.41) is 2.21. The van der Waals surface area contributed by atoms with Gasteiger partial charge in [-0.25, -0.2) is 9.97 Å². The summed E-state index contributed by atoms with van der Waals surface area (Å²) in [6.45, 7) is 2.11. The molecule has 1 aliphatic carbocycles. The Morgan fingerprint density at radius 1 is 1.11 bits per heavy atom. The van der Waals surface area contributed by atoms with Gasteiger partial charge in [-0.2, -0.15) is 0 Å². The first-order valence-corrected chi connectivity index (χ1v) is 7.93. The third-order valence-electron chi connectivity index (χ3n) is 4.21. The van der Waals surface area contributed by atoms with Gasteiger partial charge < -0.3 is 4.90 Å². The van der Waals surface area contributed by atoms with Crippen molar-refractivity contribution < 1.29 is 0 Å². The average Bonchev–Trinajstić information content (AvgIpc) is 2.94. The predicted octanol–water partition coefficient (Wildman–Crippen LogP) is 2.98. The van der Waals surface area contributed by atoms with Crippen LogP contribution in [0.4, 0.5) is 5.82 Å². The Bertz CT molecular complexity index is 605. The normalized spacial score (nSPS) is 18.0. The van der Waals surface area contributed by atoms with Gasteiger partial charge >= 0.3 is 0 Å². The van der Waals surface area contributed by atoms with Gasteiger partial charge in [0, 0.05) is 29.2 Å². The fraction of sp³-hybridized carbons (Fsp3) is 0.467. The maximum atomic E-state index is 4.59. The summed E-state index contributed by atoms with van der Waals surface area (Å²) in [5.74, 6) is 1.20. The number of anilines is 1. The number of nitrogens with zero attached hydrogens (tertiary/aromatic N) is 3. The molecule has 98 valence electrons. The van der Waals surface area contributed by atoms with Crippen LogP contribution in [0.15, 0.2) is 17.8 Å². The van der Waals surface area contributed by atoms with E-state index in [1.165, 1.54) is 35.5 Å². The SMILES string of the molecule is c1nc2c(c(N3CCc4sccc4C3)n1)CCCC2. The van der Waals surface area contributed by atoms with Crippen LogP contribution in [-0.4, -0.2) is 16.5 Å². The standard InChI is InChI=1S/C15H17N3S/c1-2-4-13-12(3-1)15(17-10-16-13)18-7-5-14-11(9-18)6-8-19-14/h6,8,10H,1-5,7,9H2. The van der Waals surface area contributed by atoms with E-state index in [2.05, 4.69) is 26.3 Å². The minimum absolute atomic E-state index is 1.02. The molecule has 1 aliphatic heterocycles. The number of hydrogen-bond donors (Lipinski definition) is 0. The van der Waals surface area contributed by atoms with E-state index in [0.29, 0.717) is 0 Å². The van der Waals surface area contributed by atoms with Gasteiger partial charge in [0.25, 0.3) is 0 Å². The molecule has 0 saturated carbocycles. The van der Waals surface area contributed by atoms with Crippen LogP contribution in [-0.2, 0) is 25.8 Å². The van der Waals surface area contributed by atoms with Gasteiger partial charge in [-0.15, -0.1) is 11.3 Å². The highest BCUT2D eigenvalue weighted by Gasteiger charge is 2.23. The molecule has 0 aromatic carbocycles. The Kier molecular flexibility index (Phi) is 2.76. The molecule has 0 amide bonds. The zero-order valence-corrected chi connectivity index (χ0v) is 11.7. The van der Waals surface area contributed by atoms with Crippen LogP contribution in [0.2, 0.25) is 0 Å². The van der Waals surface area contributed by atoms with Gasteiger partial charge in [-0.1, -0.05) is 0 Å². The molecule has 4 rings (SSSR count). The lowest BCUT2D eigenvalue weighted by molar-refractivity contribution is 0.647. The van der Waals surface area contributed by atoms with Gasteiger partial charge in [0.2, 0.25) is 0 Å². The summed E-state index contributed by atoms with van der Waals surface area (Å²) >= 11 is 1.89. The second-order valence-electron chi connectivity index (χ2n) is 5.37. The summed E-state index contributed by atoms with van der Waals surface area (Å²) < 4.78 is 0. The molecule has 0 atom stereocenters. The van der Waals surface area contributed by atoms with E-state index in [-0.39, 0.29) is 0 Å². The summed E-state index contributed by atoms with van der Waals surface area (Å²) in [6.07, 6.45) is 7.75. The van der Waals surface area contributed by atoms with E-state index in [1.54, 1.807) is 11.2 Å². The lowest BCUT2D eigenvalue weighted by Crippen LogP contribution is -2.31. The second-order valence-corrected chi connectivity index (χ2v) is 6.37. The van der Waals surface area contributed by atoms with E-state index < -0.39 is 0 Å². The van der Waals surface area contributed by atoms with Crippen LogP contribution in [0, 0.1) is 0 Å².